The predicted octanol–water partition coefficient (Wildman–Crippen LogP) is 2.46. The molecule has 9 heteroatoms. The molecule has 1 fully saturated rings. The zero-order valence-corrected chi connectivity index (χ0v) is 14.2. The largest absolute Gasteiger partial charge is 0.327 e. The fraction of sp³-hybridized carbons (Fsp3) is 0.176. The summed E-state index contributed by atoms with van der Waals surface area (Å²) in [4.78, 5) is 35.8. The van der Waals surface area contributed by atoms with Crippen molar-refractivity contribution in [3.05, 3.63) is 53.2 Å². The van der Waals surface area contributed by atoms with Gasteiger partial charge in [0.2, 0.25) is 11.9 Å². The van der Waals surface area contributed by atoms with Crippen LogP contribution >= 0.6 is 11.3 Å². The molecule has 0 aliphatic carbocycles. The van der Waals surface area contributed by atoms with Crippen molar-refractivity contribution in [1.29, 1.82) is 0 Å². The number of piperazine rings is 1. The summed E-state index contributed by atoms with van der Waals surface area (Å²) in [5, 5.41) is 0.656. The van der Waals surface area contributed by atoms with Gasteiger partial charge in [0.25, 0.3) is 5.91 Å². The second-order valence-electron chi connectivity index (χ2n) is 5.77. The smallest absolute Gasteiger partial charge is 0.264 e. The molecule has 1 aliphatic rings. The van der Waals surface area contributed by atoms with Gasteiger partial charge in [0.1, 0.15) is 12.4 Å². The lowest BCUT2D eigenvalue weighted by molar-refractivity contribution is -0.120. The number of carbonyl (C=O) groups excluding carboxylic acids is 2. The van der Waals surface area contributed by atoms with E-state index >= 15 is 0 Å². The highest BCUT2D eigenvalue weighted by Gasteiger charge is 2.30. The van der Waals surface area contributed by atoms with Gasteiger partial charge in [-0.3, -0.25) is 14.5 Å². The van der Waals surface area contributed by atoms with Crippen molar-refractivity contribution >= 4 is 39.2 Å². The molecule has 1 saturated heterocycles. The minimum Gasteiger partial charge on any atom is -0.327 e. The number of benzene rings is 1. The molecule has 26 heavy (non-hydrogen) atoms. The van der Waals surface area contributed by atoms with Gasteiger partial charge in [0.05, 0.1) is 17.3 Å². The molecule has 0 radical (unpaired) electrons. The van der Waals surface area contributed by atoms with Gasteiger partial charge < -0.3 is 4.90 Å². The molecule has 0 saturated carbocycles. The van der Waals surface area contributed by atoms with E-state index < -0.39 is 5.82 Å². The minimum atomic E-state index is -0.587. The summed E-state index contributed by atoms with van der Waals surface area (Å²) < 4.78 is 27.0. The normalized spacial score (nSPS) is 14.9. The summed E-state index contributed by atoms with van der Waals surface area (Å²) in [6.45, 7) is 0.395. The Bertz CT molecular complexity index is 1010. The topological polar surface area (TPSA) is 66.4 Å². The lowest BCUT2D eigenvalue weighted by atomic mass is 10.2. The van der Waals surface area contributed by atoms with Gasteiger partial charge in [-0.25, -0.2) is 18.7 Å². The van der Waals surface area contributed by atoms with Crippen LogP contribution in [0.15, 0.2) is 36.7 Å². The number of hydrogen-bond donors (Lipinski definition) is 0. The highest BCUT2D eigenvalue weighted by Crippen LogP contribution is 2.27. The van der Waals surface area contributed by atoms with Gasteiger partial charge in [0.15, 0.2) is 5.82 Å². The first-order chi connectivity index (χ1) is 12.5. The summed E-state index contributed by atoms with van der Waals surface area (Å²) in [5.41, 5.74) is 0. The SMILES string of the molecule is O=C(c1cc2cc(F)ccc2s1)N1CCN(c2ncc(F)cn2)C(=O)C1. The number of carbonyl (C=O) groups is 2. The van der Waals surface area contributed by atoms with Crippen molar-refractivity contribution in [3.8, 4) is 0 Å². The van der Waals surface area contributed by atoms with Gasteiger partial charge in [-0.05, 0) is 29.7 Å². The summed E-state index contributed by atoms with van der Waals surface area (Å²) >= 11 is 1.26. The van der Waals surface area contributed by atoms with E-state index in [2.05, 4.69) is 9.97 Å². The third-order valence-corrected chi connectivity index (χ3v) is 5.15. The van der Waals surface area contributed by atoms with Crippen LogP contribution in [0.3, 0.4) is 0 Å². The third kappa shape index (κ3) is 3.01. The van der Waals surface area contributed by atoms with Crippen LogP contribution in [-0.4, -0.2) is 46.3 Å². The molecule has 1 aliphatic heterocycles. The first-order valence-electron chi connectivity index (χ1n) is 7.77. The zero-order chi connectivity index (χ0) is 18.3. The van der Waals surface area contributed by atoms with Crippen molar-refractivity contribution < 1.29 is 18.4 Å². The first kappa shape index (κ1) is 16.5. The van der Waals surface area contributed by atoms with Crippen molar-refractivity contribution in [2.75, 3.05) is 24.5 Å². The molecule has 0 unspecified atom stereocenters. The highest BCUT2D eigenvalue weighted by atomic mass is 32.1. The van der Waals surface area contributed by atoms with Crippen LogP contribution in [0.2, 0.25) is 0 Å². The Hall–Kier alpha value is -2.94. The fourth-order valence-electron chi connectivity index (χ4n) is 2.78. The lowest BCUT2D eigenvalue weighted by Gasteiger charge is -2.32. The number of fused-ring (bicyclic) bond motifs is 1. The third-order valence-electron chi connectivity index (χ3n) is 4.05. The number of hydrogen-bond acceptors (Lipinski definition) is 5. The van der Waals surface area contributed by atoms with Crippen LogP contribution < -0.4 is 4.90 Å². The minimum absolute atomic E-state index is 0.112. The molecule has 2 aromatic heterocycles. The molecule has 4 rings (SSSR count). The Morgan fingerprint density at radius 1 is 1.08 bits per heavy atom. The summed E-state index contributed by atoms with van der Waals surface area (Å²) in [6, 6.07) is 5.97. The van der Waals surface area contributed by atoms with Crippen molar-refractivity contribution in [1.82, 2.24) is 14.9 Å². The van der Waals surface area contributed by atoms with E-state index in [0.717, 1.165) is 17.1 Å². The summed E-state index contributed by atoms with van der Waals surface area (Å²) in [6.07, 6.45) is 1.98. The van der Waals surface area contributed by atoms with Crippen LogP contribution in [0, 0.1) is 11.6 Å². The second kappa shape index (κ2) is 6.41. The maximum atomic E-state index is 13.3. The molecule has 0 bridgehead atoms. The molecule has 0 N–H and O–H groups in total. The summed E-state index contributed by atoms with van der Waals surface area (Å²) in [5.74, 6) is -1.46. The van der Waals surface area contributed by atoms with Gasteiger partial charge in [-0.1, -0.05) is 0 Å². The van der Waals surface area contributed by atoms with E-state index in [1.165, 1.54) is 33.3 Å². The van der Waals surface area contributed by atoms with E-state index in [4.69, 9.17) is 0 Å². The van der Waals surface area contributed by atoms with Crippen LogP contribution in [0.25, 0.3) is 10.1 Å². The van der Waals surface area contributed by atoms with Gasteiger partial charge in [-0.2, -0.15) is 0 Å². The number of thiophene rings is 1. The van der Waals surface area contributed by atoms with Crippen LogP contribution in [0.4, 0.5) is 14.7 Å². The molecule has 0 atom stereocenters. The molecule has 132 valence electrons. The van der Waals surface area contributed by atoms with Crippen molar-refractivity contribution in [2.45, 2.75) is 0 Å². The average Bonchev–Trinajstić information content (AvgIpc) is 3.05. The average molecular weight is 374 g/mol. The Morgan fingerprint density at radius 2 is 1.85 bits per heavy atom. The standard InChI is InChI=1S/C17H12F2N4O2S/c18-11-1-2-13-10(5-11)6-14(26-13)16(25)22-3-4-23(15(24)9-22)17-20-7-12(19)8-21-17/h1-2,5-8H,3-4,9H2. The molecular weight excluding hydrogens is 362 g/mol. The Morgan fingerprint density at radius 3 is 2.58 bits per heavy atom. The zero-order valence-electron chi connectivity index (χ0n) is 13.4. The van der Waals surface area contributed by atoms with E-state index in [-0.39, 0.29) is 36.7 Å². The van der Waals surface area contributed by atoms with E-state index in [9.17, 15) is 18.4 Å². The quantitative estimate of drug-likeness (QED) is 0.691. The van der Waals surface area contributed by atoms with E-state index in [1.54, 1.807) is 12.1 Å². The van der Waals surface area contributed by atoms with Gasteiger partial charge in [0, 0.05) is 17.8 Å². The highest BCUT2D eigenvalue weighted by molar-refractivity contribution is 7.20. The summed E-state index contributed by atoms with van der Waals surface area (Å²) in [7, 11) is 0. The van der Waals surface area contributed by atoms with Crippen molar-refractivity contribution in [2.24, 2.45) is 0 Å². The monoisotopic (exact) mass is 374 g/mol. The van der Waals surface area contributed by atoms with Gasteiger partial charge in [-0.15, -0.1) is 11.3 Å². The second-order valence-corrected chi connectivity index (χ2v) is 6.85. The lowest BCUT2D eigenvalue weighted by Crippen LogP contribution is -2.52. The number of halogens is 2. The fourth-order valence-corrected chi connectivity index (χ4v) is 3.79. The number of amides is 2. The predicted molar refractivity (Wildman–Crippen MR) is 92.0 cm³/mol. The Kier molecular flexibility index (Phi) is 4.08. The van der Waals surface area contributed by atoms with Crippen LogP contribution in [0.5, 0.6) is 0 Å². The maximum Gasteiger partial charge on any atom is 0.264 e. The molecule has 3 heterocycles. The van der Waals surface area contributed by atoms with E-state index in [0.29, 0.717) is 16.8 Å². The Labute approximate surface area is 150 Å². The number of anilines is 1. The molecule has 3 aromatic rings. The molecule has 2 amide bonds. The van der Waals surface area contributed by atoms with Crippen molar-refractivity contribution in [3.63, 3.8) is 0 Å². The van der Waals surface area contributed by atoms with E-state index in [1.807, 2.05) is 0 Å². The number of rotatable bonds is 2. The van der Waals surface area contributed by atoms with Crippen LogP contribution in [0.1, 0.15) is 9.67 Å². The number of aromatic nitrogens is 2. The molecule has 6 nitrogen and oxygen atoms in total. The van der Waals surface area contributed by atoms with Crippen LogP contribution in [-0.2, 0) is 4.79 Å². The van der Waals surface area contributed by atoms with Gasteiger partial charge >= 0.3 is 0 Å². The molecular formula is C17H12F2N4O2S. The molecule has 1 aromatic carbocycles. The molecule has 0 spiro atoms. The Balaban J connectivity index is 1.51. The number of nitrogens with zero attached hydrogens (tertiary/aromatic N) is 4. The maximum absolute atomic E-state index is 13.3. The first-order valence-corrected chi connectivity index (χ1v) is 8.59.